The summed E-state index contributed by atoms with van der Waals surface area (Å²) >= 11 is 6.05. The van der Waals surface area contributed by atoms with E-state index in [1.54, 1.807) is 31.4 Å². The van der Waals surface area contributed by atoms with E-state index in [9.17, 15) is 4.79 Å². The molecule has 0 fully saturated rings. The molecule has 98 valence electrons. The number of nitrogens with two attached hydrogens (primary N) is 1. The highest BCUT2D eigenvalue weighted by Crippen LogP contribution is 2.25. The van der Waals surface area contributed by atoms with Gasteiger partial charge in [-0.15, -0.1) is 6.58 Å². The Bertz CT molecular complexity index is 435. The Balaban J connectivity index is 2.68. The molecule has 1 rings (SSSR count). The summed E-state index contributed by atoms with van der Waals surface area (Å²) in [5, 5.41) is 3.27. The summed E-state index contributed by atoms with van der Waals surface area (Å²) in [6, 6.07) is 4.73. The molecule has 1 aromatic carbocycles. The molecule has 4 nitrogen and oxygen atoms in total. The van der Waals surface area contributed by atoms with Gasteiger partial charge < -0.3 is 15.8 Å². The van der Waals surface area contributed by atoms with E-state index in [4.69, 9.17) is 22.1 Å². The number of benzene rings is 1. The third kappa shape index (κ3) is 3.75. The predicted octanol–water partition coefficient (Wildman–Crippen LogP) is 1.87. The Hall–Kier alpha value is -1.52. The summed E-state index contributed by atoms with van der Waals surface area (Å²) in [6.07, 6.45) is 2.05. The van der Waals surface area contributed by atoms with Crippen LogP contribution in [0.25, 0.3) is 0 Å². The van der Waals surface area contributed by atoms with E-state index >= 15 is 0 Å². The third-order valence-corrected chi connectivity index (χ3v) is 2.85. The maximum absolute atomic E-state index is 11.6. The molecule has 0 aliphatic carbocycles. The second kappa shape index (κ2) is 7.03. The smallest absolute Gasteiger partial charge is 0.237 e. The minimum absolute atomic E-state index is 0.239. The lowest BCUT2D eigenvalue weighted by Crippen LogP contribution is -2.39. The van der Waals surface area contributed by atoms with E-state index in [1.165, 1.54) is 0 Å². The van der Waals surface area contributed by atoms with Crippen LogP contribution in [0.1, 0.15) is 12.0 Å². The maximum Gasteiger partial charge on any atom is 0.237 e. The van der Waals surface area contributed by atoms with Crippen molar-refractivity contribution in [3.63, 3.8) is 0 Å². The molecule has 3 N–H and O–H groups in total. The van der Waals surface area contributed by atoms with Gasteiger partial charge in [-0.05, 0) is 18.6 Å². The van der Waals surface area contributed by atoms with Gasteiger partial charge in [-0.25, -0.2) is 0 Å². The number of rotatable bonds is 6. The molecular formula is C13H17ClN2O2. The second-order valence-electron chi connectivity index (χ2n) is 3.77. The first-order chi connectivity index (χ1) is 8.60. The van der Waals surface area contributed by atoms with Gasteiger partial charge in [0.2, 0.25) is 5.91 Å². The highest BCUT2D eigenvalue weighted by atomic mass is 35.5. The van der Waals surface area contributed by atoms with Crippen LogP contribution in [0.5, 0.6) is 5.75 Å². The quantitative estimate of drug-likeness (QED) is 0.774. The van der Waals surface area contributed by atoms with Crippen molar-refractivity contribution in [1.82, 2.24) is 5.32 Å². The van der Waals surface area contributed by atoms with Gasteiger partial charge >= 0.3 is 0 Å². The van der Waals surface area contributed by atoms with Gasteiger partial charge in [0.15, 0.2) is 0 Å². The lowest BCUT2D eigenvalue weighted by Gasteiger charge is -2.13. The molecule has 1 atom stereocenters. The zero-order valence-electron chi connectivity index (χ0n) is 10.3. The average Bonchev–Trinajstić information content (AvgIpc) is 2.36. The molecule has 0 heterocycles. The Morgan fingerprint density at radius 1 is 1.67 bits per heavy atom. The molecule has 0 radical (unpaired) electrons. The van der Waals surface area contributed by atoms with E-state index < -0.39 is 6.04 Å². The van der Waals surface area contributed by atoms with Crippen molar-refractivity contribution in [2.45, 2.75) is 19.0 Å². The molecule has 0 spiro atoms. The number of hydrogen-bond donors (Lipinski definition) is 2. The average molecular weight is 269 g/mol. The molecule has 5 heteroatoms. The highest BCUT2D eigenvalue weighted by molar-refractivity contribution is 6.31. The third-order valence-electron chi connectivity index (χ3n) is 2.49. The number of halogens is 1. The largest absolute Gasteiger partial charge is 0.496 e. The number of amides is 1. The number of hydrogen-bond acceptors (Lipinski definition) is 3. The van der Waals surface area contributed by atoms with Crippen molar-refractivity contribution in [3.8, 4) is 5.75 Å². The van der Waals surface area contributed by atoms with Crippen molar-refractivity contribution in [3.05, 3.63) is 41.4 Å². The van der Waals surface area contributed by atoms with Crippen molar-refractivity contribution < 1.29 is 9.53 Å². The first-order valence-electron chi connectivity index (χ1n) is 5.55. The molecule has 1 aromatic rings. The highest BCUT2D eigenvalue weighted by Gasteiger charge is 2.13. The summed E-state index contributed by atoms with van der Waals surface area (Å²) < 4.78 is 5.18. The number of carbonyl (C=O) groups is 1. The Morgan fingerprint density at radius 2 is 2.39 bits per heavy atom. The molecule has 0 saturated heterocycles. The van der Waals surface area contributed by atoms with E-state index in [-0.39, 0.29) is 12.5 Å². The fraction of sp³-hybridized carbons (Fsp3) is 0.308. The predicted molar refractivity (Wildman–Crippen MR) is 72.6 cm³/mol. The van der Waals surface area contributed by atoms with Gasteiger partial charge in [-0.3, -0.25) is 4.79 Å². The van der Waals surface area contributed by atoms with E-state index in [0.717, 1.165) is 5.56 Å². The van der Waals surface area contributed by atoms with E-state index in [1.807, 2.05) is 0 Å². The standard InChI is InChI=1S/C13H17ClN2O2/c1-3-5-11(15)13(17)16-8-9-10(14)6-4-7-12(9)18-2/h3-4,6-7,11H,1,5,8,15H2,2H3,(H,16,17). The van der Waals surface area contributed by atoms with E-state index in [0.29, 0.717) is 17.2 Å². The van der Waals surface area contributed by atoms with Gasteiger partial charge in [0.1, 0.15) is 5.75 Å². The van der Waals surface area contributed by atoms with Gasteiger partial charge in [-0.1, -0.05) is 23.7 Å². The van der Waals surface area contributed by atoms with Crippen LogP contribution in [0.2, 0.25) is 5.02 Å². The van der Waals surface area contributed by atoms with Gasteiger partial charge in [-0.2, -0.15) is 0 Å². The number of ether oxygens (including phenoxy) is 1. The molecule has 0 bridgehead atoms. The van der Waals surface area contributed by atoms with Crippen LogP contribution in [-0.2, 0) is 11.3 Å². The van der Waals surface area contributed by atoms with Gasteiger partial charge in [0.25, 0.3) is 0 Å². The molecule has 0 aliphatic heterocycles. The molecular weight excluding hydrogens is 252 g/mol. The molecule has 0 aliphatic rings. The number of methoxy groups -OCH3 is 1. The lowest BCUT2D eigenvalue weighted by molar-refractivity contribution is -0.122. The SMILES string of the molecule is C=CCC(N)C(=O)NCc1c(Cl)cccc1OC. The van der Waals surface area contributed by atoms with Crippen LogP contribution in [-0.4, -0.2) is 19.1 Å². The van der Waals surface area contributed by atoms with Gasteiger partial charge in [0.05, 0.1) is 13.2 Å². The summed E-state index contributed by atoms with van der Waals surface area (Å²) in [4.78, 5) is 11.6. The molecule has 1 amide bonds. The maximum atomic E-state index is 11.6. The monoisotopic (exact) mass is 268 g/mol. The van der Waals surface area contributed by atoms with Crippen LogP contribution in [0.15, 0.2) is 30.9 Å². The van der Waals surface area contributed by atoms with Crippen LogP contribution < -0.4 is 15.8 Å². The fourth-order valence-electron chi connectivity index (χ4n) is 1.49. The number of nitrogens with one attached hydrogen (secondary N) is 1. The Labute approximate surface area is 112 Å². The summed E-state index contributed by atoms with van der Waals surface area (Å²) in [5.41, 5.74) is 6.39. The zero-order chi connectivity index (χ0) is 13.5. The van der Waals surface area contributed by atoms with Crippen molar-refractivity contribution in [2.24, 2.45) is 5.73 Å². The molecule has 0 aromatic heterocycles. The van der Waals surface area contributed by atoms with Crippen molar-refractivity contribution in [1.29, 1.82) is 0 Å². The first kappa shape index (κ1) is 14.5. The zero-order valence-corrected chi connectivity index (χ0v) is 11.0. The Kier molecular flexibility index (Phi) is 5.68. The van der Waals surface area contributed by atoms with E-state index in [2.05, 4.69) is 11.9 Å². The minimum atomic E-state index is -0.587. The molecule has 18 heavy (non-hydrogen) atoms. The number of carbonyl (C=O) groups excluding carboxylic acids is 1. The summed E-state index contributed by atoms with van der Waals surface area (Å²) in [5.74, 6) is 0.400. The van der Waals surface area contributed by atoms with Crippen LogP contribution in [0, 0.1) is 0 Å². The normalized spacial score (nSPS) is 11.7. The minimum Gasteiger partial charge on any atom is -0.496 e. The first-order valence-corrected chi connectivity index (χ1v) is 5.93. The topological polar surface area (TPSA) is 64.4 Å². The second-order valence-corrected chi connectivity index (χ2v) is 4.18. The lowest BCUT2D eigenvalue weighted by atomic mass is 10.1. The molecule has 1 unspecified atom stereocenters. The van der Waals surface area contributed by atoms with Gasteiger partial charge in [0, 0.05) is 17.1 Å². The molecule has 0 saturated carbocycles. The Morgan fingerprint density at radius 3 is 3.00 bits per heavy atom. The summed E-state index contributed by atoms with van der Waals surface area (Å²) in [6.45, 7) is 3.83. The van der Waals surface area contributed by atoms with Crippen LogP contribution in [0.3, 0.4) is 0 Å². The van der Waals surface area contributed by atoms with Crippen LogP contribution >= 0.6 is 11.6 Å². The fourth-order valence-corrected chi connectivity index (χ4v) is 1.73. The summed E-state index contributed by atoms with van der Waals surface area (Å²) in [7, 11) is 1.56. The van der Waals surface area contributed by atoms with Crippen molar-refractivity contribution in [2.75, 3.05) is 7.11 Å². The van der Waals surface area contributed by atoms with Crippen LogP contribution in [0.4, 0.5) is 0 Å². The van der Waals surface area contributed by atoms with Crippen molar-refractivity contribution >= 4 is 17.5 Å².